The zero-order valence-electron chi connectivity index (χ0n) is 11.4. The zero-order valence-corrected chi connectivity index (χ0v) is 11.4. The van der Waals surface area contributed by atoms with Crippen molar-refractivity contribution in [1.82, 2.24) is 10.2 Å². The summed E-state index contributed by atoms with van der Waals surface area (Å²) in [4.78, 5) is 36.1. The van der Waals surface area contributed by atoms with E-state index >= 15 is 0 Å². The van der Waals surface area contributed by atoms with Gasteiger partial charge < -0.3 is 11.1 Å². The van der Waals surface area contributed by atoms with E-state index in [-0.39, 0.29) is 24.5 Å². The Hall–Kier alpha value is -2.48. The normalized spacial score (nSPS) is 19.2. The Bertz CT molecular complexity index is 605. The second-order valence-corrected chi connectivity index (χ2v) is 4.77. The van der Waals surface area contributed by atoms with Crippen LogP contribution < -0.4 is 16.4 Å². The molecule has 1 aliphatic heterocycles. The molecule has 1 fully saturated rings. The number of rotatable bonds is 3. The predicted molar refractivity (Wildman–Crippen MR) is 73.6 cm³/mol. The fourth-order valence-corrected chi connectivity index (χ4v) is 1.97. The summed E-state index contributed by atoms with van der Waals surface area (Å²) >= 11 is 0. The smallest absolute Gasteiger partial charge is 0.243 e. The second kappa shape index (κ2) is 5.88. The lowest BCUT2D eigenvalue weighted by atomic mass is 10.2. The fraction of sp³-hybridized carbons (Fsp3) is 0.308. The first-order chi connectivity index (χ1) is 9.86. The molecule has 8 heteroatoms. The van der Waals surface area contributed by atoms with Gasteiger partial charge in [0.05, 0.1) is 30.5 Å². The second-order valence-electron chi connectivity index (χ2n) is 4.77. The van der Waals surface area contributed by atoms with Crippen molar-refractivity contribution in [2.45, 2.75) is 13.0 Å². The summed E-state index contributed by atoms with van der Waals surface area (Å²) < 4.78 is 13.1. The van der Waals surface area contributed by atoms with Gasteiger partial charge in [-0.15, -0.1) is 0 Å². The van der Waals surface area contributed by atoms with Crippen LogP contribution in [0.1, 0.15) is 6.92 Å². The van der Waals surface area contributed by atoms with Crippen molar-refractivity contribution >= 4 is 29.1 Å². The average molecular weight is 294 g/mol. The lowest BCUT2D eigenvalue weighted by molar-refractivity contribution is -0.140. The molecule has 1 unspecified atom stereocenters. The zero-order chi connectivity index (χ0) is 15.6. The van der Waals surface area contributed by atoms with Gasteiger partial charge in [-0.2, -0.15) is 0 Å². The molecule has 0 saturated carbocycles. The number of imide groups is 1. The molecule has 1 aliphatic rings. The van der Waals surface area contributed by atoms with E-state index in [1.54, 1.807) is 6.92 Å². The maximum absolute atomic E-state index is 13.1. The highest BCUT2D eigenvalue weighted by molar-refractivity contribution is 6.02. The standard InChI is InChI=1S/C13H15FN4O3/c1-7-13(21)17-12(20)6-18(7)5-11(19)16-10-4-8(14)2-3-9(10)15/h2-4,7H,5-6,15H2,1H3,(H,16,19)(H,17,20,21). The number of nitrogens with two attached hydrogens (primary N) is 1. The number of hydrogen-bond donors (Lipinski definition) is 3. The number of carbonyl (C=O) groups excluding carboxylic acids is 3. The van der Waals surface area contributed by atoms with E-state index in [2.05, 4.69) is 10.6 Å². The van der Waals surface area contributed by atoms with Gasteiger partial charge in [-0.1, -0.05) is 0 Å². The van der Waals surface area contributed by atoms with Crippen molar-refractivity contribution in [3.63, 3.8) is 0 Å². The largest absolute Gasteiger partial charge is 0.397 e. The maximum atomic E-state index is 13.1. The molecule has 0 spiro atoms. The summed E-state index contributed by atoms with van der Waals surface area (Å²) in [5, 5.41) is 4.64. The number of carbonyl (C=O) groups is 3. The van der Waals surface area contributed by atoms with E-state index < -0.39 is 29.6 Å². The summed E-state index contributed by atoms with van der Waals surface area (Å²) in [7, 11) is 0. The minimum absolute atomic E-state index is 0.0566. The van der Waals surface area contributed by atoms with Crippen LogP contribution in [-0.4, -0.2) is 41.8 Å². The Morgan fingerprint density at radius 3 is 2.95 bits per heavy atom. The van der Waals surface area contributed by atoms with Gasteiger partial charge in [0.2, 0.25) is 17.7 Å². The number of halogens is 1. The van der Waals surface area contributed by atoms with Gasteiger partial charge in [0, 0.05) is 0 Å². The number of anilines is 2. The Balaban J connectivity index is 2.02. The van der Waals surface area contributed by atoms with E-state index in [4.69, 9.17) is 5.73 Å². The topological polar surface area (TPSA) is 105 Å². The first kappa shape index (κ1) is 14.9. The van der Waals surface area contributed by atoms with Crippen LogP contribution in [0.25, 0.3) is 0 Å². The SMILES string of the molecule is CC1C(=O)NC(=O)CN1CC(=O)Nc1cc(F)ccc1N. The number of nitrogens with one attached hydrogen (secondary N) is 2. The highest BCUT2D eigenvalue weighted by atomic mass is 19.1. The van der Waals surface area contributed by atoms with E-state index in [1.807, 2.05) is 0 Å². The lowest BCUT2D eigenvalue weighted by Gasteiger charge is -2.30. The Morgan fingerprint density at radius 2 is 2.24 bits per heavy atom. The molecule has 1 aromatic rings. The van der Waals surface area contributed by atoms with Crippen LogP contribution in [0, 0.1) is 5.82 Å². The molecule has 1 saturated heterocycles. The summed E-state index contributed by atoms with van der Waals surface area (Å²) in [5.41, 5.74) is 6.01. The van der Waals surface area contributed by atoms with Crippen molar-refractivity contribution in [1.29, 1.82) is 0 Å². The van der Waals surface area contributed by atoms with Crippen molar-refractivity contribution in [3.8, 4) is 0 Å². The summed E-state index contributed by atoms with van der Waals surface area (Å²) in [6.07, 6.45) is 0. The minimum atomic E-state index is -0.599. The van der Waals surface area contributed by atoms with Crippen LogP contribution in [0.15, 0.2) is 18.2 Å². The molecular formula is C13H15FN4O3. The number of amides is 3. The van der Waals surface area contributed by atoms with Crippen LogP contribution in [0.2, 0.25) is 0 Å². The molecule has 112 valence electrons. The molecule has 0 bridgehead atoms. The first-order valence-corrected chi connectivity index (χ1v) is 6.29. The average Bonchev–Trinajstić information content (AvgIpc) is 2.39. The van der Waals surface area contributed by atoms with Crippen molar-refractivity contribution in [3.05, 3.63) is 24.0 Å². The van der Waals surface area contributed by atoms with Gasteiger partial charge >= 0.3 is 0 Å². The molecule has 7 nitrogen and oxygen atoms in total. The molecule has 0 radical (unpaired) electrons. The Morgan fingerprint density at radius 1 is 1.52 bits per heavy atom. The lowest BCUT2D eigenvalue weighted by Crippen LogP contribution is -2.58. The quantitative estimate of drug-likeness (QED) is 0.524. The summed E-state index contributed by atoms with van der Waals surface area (Å²) in [6, 6.07) is 3.02. The highest BCUT2D eigenvalue weighted by Gasteiger charge is 2.31. The Labute approximate surface area is 120 Å². The van der Waals surface area contributed by atoms with Crippen LogP contribution in [0.5, 0.6) is 0 Å². The third-order valence-electron chi connectivity index (χ3n) is 3.17. The van der Waals surface area contributed by atoms with Gasteiger partial charge in [0.25, 0.3) is 0 Å². The Kier molecular flexibility index (Phi) is 4.18. The number of benzene rings is 1. The van der Waals surface area contributed by atoms with E-state index in [1.165, 1.54) is 17.0 Å². The number of nitrogen functional groups attached to an aromatic ring is 1. The van der Waals surface area contributed by atoms with Gasteiger partial charge in [0.15, 0.2) is 0 Å². The van der Waals surface area contributed by atoms with Gasteiger partial charge in [-0.25, -0.2) is 4.39 Å². The monoisotopic (exact) mass is 294 g/mol. The molecular weight excluding hydrogens is 279 g/mol. The van der Waals surface area contributed by atoms with Crippen molar-refractivity contribution in [2.75, 3.05) is 24.1 Å². The molecule has 4 N–H and O–H groups in total. The summed E-state index contributed by atoms with van der Waals surface area (Å²) in [6.45, 7) is 1.36. The minimum Gasteiger partial charge on any atom is -0.397 e. The number of nitrogens with zero attached hydrogens (tertiary/aromatic N) is 1. The molecule has 3 amide bonds. The molecule has 21 heavy (non-hydrogen) atoms. The van der Waals surface area contributed by atoms with Crippen molar-refractivity contribution in [2.24, 2.45) is 0 Å². The summed E-state index contributed by atoms with van der Waals surface area (Å²) in [5.74, 6) is -1.93. The fourth-order valence-electron chi connectivity index (χ4n) is 1.97. The predicted octanol–water partition coefficient (Wildman–Crippen LogP) is -0.307. The van der Waals surface area contributed by atoms with Crippen molar-refractivity contribution < 1.29 is 18.8 Å². The van der Waals surface area contributed by atoms with Crippen LogP contribution in [-0.2, 0) is 14.4 Å². The van der Waals surface area contributed by atoms with E-state index in [0.29, 0.717) is 0 Å². The van der Waals surface area contributed by atoms with Crippen LogP contribution >= 0.6 is 0 Å². The molecule has 1 atom stereocenters. The molecule has 1 heterocycles. The molecule has 2 rings (SSSR count). The third-order valence-corrected chi connectivity index (χ3v) is 3.17. The van der Waals surface area contributed by atoms with Crippen LogP contribution in [0.3, 0.4) is 0 Å². The third kappa shape index (κ3) is 3.54. The molecule has 0 aliphatic carbocycles. The van der Waals surface area contributed by atoms with Gasteiger partial charge in [-0.05, 0) is 25.1 Å². The first-order valence-electron chi connectivity index (χ1n) is 6.29. The van der Waals surface area contributed by atoms with E-state index in [9.17, 15) is 18.8 Å². The maximum Gasteiger partial charge on any atom is 0.243 e. The molecule has 0 aromatic heterocycles. The van der Waals surface area contributed by atoms with Gasteiger partial charge in [-0.3, -0.25) is 24.6 Å². The molecule has 1 aromatic carbocycles. The number of piperazine rings is 1. The van der Waals surface area contributed by atoms with E-state index in [0.717, 1.165) is 6.07 Å². The van der Waals surface area contributed by atoms with Gasteiger partial charge in [0.1, 0.15) is 5.82 Å². The highest BCUT2D eigenvalue weighted by Crippen LogP contribution is 2.19. The number of hydrogen-bond acceptors (Lipinski definition) is 5. The van der Waals surface area contributed by atoms with Crippen LogP contribution in [0.4, 0.5) is 15.8 Å².